The number of carbonyl (C=O) groups excluding carboxylic acids is 1. The van der Waals surface area contributed by atoms with Crippen LogP contribution >= 0.6 is 11.3 Å². The van der Waals surface area contributed by atoms with Gasteiger partial charge in [-0.3, -0.25) is 4.79 Å². The Morgan fingerprint density at radius 3 is 2.94 bits per heavy atom. The summed E-state index contributed by atoms with van der Waals surface area (Å²) in [6.07, 6.45) is 4.51. The van der Waals surface area contributed by atoms with Gasteiger partial charge in [0.25, 0.3) is 5.91 Å². The highest BCUT2D eigenvalue weighted by atomic mass is 32.1. The summed E-state index contributed by atoms with van der Waals surface area (Å²) >= 11 is 1.33. The van der Waals surface area contributed by atoms with Gasteiger partial charge in [-0.1, -0.05) is 6.07 Å². The molecular weight excluding hydrogens is 462 g/mol. The monoisotopic (exact) mass is 493 g/mol. The fourth-order valence-electron chi connectivity index (χ4n) is 5.87. The van der Waals surface area contributed by atoms with Crippen LogP contribution in [-0.4, -0.2) is 58.2 Å². The van der Waals surface area contributed by atoms with Crippen molar-refractivity contribution in [1.29, 1.82) is 0 Å². The molecule has 0 bridgehead atoms. The number of nitrogen functional groups attached to an aromatic ring is 1. The molecule has 184 valence electrons. The third-order valence-corrected chi connectivity index (χ3v) is 8.78. The Morgan fingerprint density at radius 2 is 2.14 bits per heavy atom. The zero-order chi connectivity index (χ0) is 24.3. The van der Waals surface area contributed by atoms with E-state index < -0.39 is 0 Å². The van der Waals surface area contributed by atoms with Gasteiger partial charge in [-0.2, -0.15) is 0 Å². The molecule has 6 rings (SSSR count). The Hall–Kier alpha value is -2.82. The number of nitrogens with zero attached hydrogens (tertiary/aromatic N) is 4. The second-order valence-electron chi connectivity index (χ2n) is 10.1. The average molecular weight is 494 g/mol. The first-order valence-electron chi connectivity index (χ1n) is 12.3. The number of amides is 1. The van der Waals surface area contributed by atoms with E-state index in [4.69, 9.17) is 21.2 Å². The topological polar surface area (TPSA) is 132 Å². The number of ether oxygens (including phenoxy) is 1. The fraction of sp³-hybridized carbons (Fsp3) is 0.520. The molecule has 0 aromatic carbocycles. The second kappa shape index (κ2) is 8.39. The number of hydrogen-bond donors (Lipinski definition) is 3. The summed E-state index contributed by atoms with van der Waals surface area (Å²) in [7, 11) is 0. The van der Waals surface area contributed by atoms with Crippen LogP contribution in [0.15, 0.2) is 12.1 Å². The van der Waals surface area contributed by atoms with Crippen LogP contribution in [-0.2, 0) is 17.6 Å². The number of carbonyl (C=O) groups is 1. The maximum absolute atomic E-state index is 13.1. The predicted molar refractivity (Wildman–Crippen MR) is 137 cm³/mol. The molecule has 35 heavy (non-hydrogen) atoms. The zero-order valence-corrected chi connectivity index (χ0v) is 21.0. The van der Waals surface area contributed by atoms with Crippen molar-refractivity contribution < 1.29 is 9.53 Å². The van der Waals surface area contributed by atoms with Crippen LogP contribution in [0.1, 0.15) is 51.7 Å². The summed E-state index contributed by atoms with van der Waals surface area (Å²) in [5.74, 6) is 1.51. The standard InChI is InChI=1S/C25H31N7O2S/c1-13-20-21(27)22(35-24(20)29-14(2)28-13)23(33)30-16-5-6-17-15(10-16)4-7-19(31-17)32-11-18(26)25(12-32)8-3-9-34-25/h4,7,16,18H,3,5-6,8-12,26-27H2,1-2H3,(H,30,33). The lowest BCUT2D eigenvalue weighted by molar-refractivity contribution is 0.0108. The van der Waals surface area contributed by atoms with Gasteiger partial charge in [0, 0.05) is 24.9 Å². The first-order valence-corrected chi connectivity index (χ1v) is 13.1. The SMILES string of the molecule is Cc1nc(C)c2c(N)c(C(=O)NC3CCc4nc(N5CC(N)C6(CCCO6)C5)ccc4C3)sc2n1. The molecule has 2 fully saturated rings. The van der Waals surface area contributed by atoms with Gasteiger partial charge in [-0.25, -0.2) is 15.0 Å². The fourth-order valence-corrected chi connectivity index (χ4v) is 6.96. The number of aromatic nitrogens is 3. The molecule has 2 aliphatic heterocycles. The van der Waals surface area contributed by atoms with Gasteiger partial charge in [0.1, 0.15) is 27.0 Å². The molecule has 9 nitrogen and oxygen atoms in total. The van der Waals surface area contributed by atoms with Crippen LogP contribution in [0.2, 0.25) is 0 Å². The molecule has 3 aliphatic rings. The summed E-state index contributed by atoms with van der Waals surface area (Å²) in [5, 5.41) is 3.97. The van der Waals surface area contributed by atoms with Gasteiger partial charge in [-0.15, -0.1) is 11.3 Å². The van der Waals surface area contributed by atoms with Gasteiger partial charge in [0.15, 0.2) is 0 Å². The van der Waals surface area contributed by atoms with Crippen molar-refractivity contribution in [3.8, 4) is 0 Å². The van der Waals surface area contributed by atoms with E-state index in [2.05, 4.69) is 32.3 Å². The number of pyridine rings is 1. The van der Waals surface area contributed by atoms with Crippen molar-refractivity contribution >= 4 is 39.0 Å². The summed E-state index contributed by atoms with van der Waals surface area (Å²) in [6, 6.07) is 4.29. The number of aryl methyl sites for hydroxylation is 3. The molecule has 2 saturated heterocycles. The number of rotatable bonds is 3. The summed E-state index contributed by atoms with van der Waals surface area (Å²) in [6.45, 7) is 6.12. The van der Waals surface area contributed by atoms with Crippen LogP contribution in [0, 0.1) is 13.8 Å². The van der Waals surface area contributed by atoms with Crippen molar-refractivity contribution in [1.82, 2.24) is 20.3 Å². The lowest BCUT2D eigenvalue weighted by Crippen LogP contribution is -2.46. The molecule has 0 radical (unpaired) electrons. The van der Waals surface area contributed by atoms with Crippen molar-refractivity contribution in [2.75, 3.05) is 30.3 Å². The Balaban J connectivity index is 1.16. The number of anilines is 2. The lowest BCUT2D eigenvalue weighted by atomic mass is 9.91. The third kappa shape index (κ3) is 3.84. The minimum absolute atomic E-state index is 0.0162. The molecule has 10 heteroatoms. The average Bonchev–Trinajstić information content (AvgIpc) is 3.52. The van der Waals surface area contributed by atoms with E-state index in [1.54, 1.807) is 0 Å². The molecule has 1 amide bonds. The molecule has 3 unspecified atom stereocenters. The van der Waals surface area contributed by atoms with E-state index in [9.17, 15) is 4.79 Å². The van der Waals surface area contributed by atoms with E-state index in [0.29, 0.717) is 16.4 Å². The molecule has 1 aliphatic carbocycles. The van der Waals surface area contributed by atoms with E-state index >= 15 is 0 Å². The van der Waals surface area contributed by atoms with Crippen molar-refractivity contribution in [2.45, 2.75) is 63.6 Å². The largest absolute Gasteiger partial charge is 0.397 e. The highest BCUT2D eigenvalue weighted by Gasteiger charge is 2.48. The van der Waals surface area contributed by atoms with Crippen molar-refractivity contribution in [3.63, 3.8) is 0 Å². The number of fused-ring (bicyclic) bond motifs is 2. The maximum atomic E-state index is 13.1. The first-order chi connectivity index (χ1) is 16.8. The normalized spacial score (nSPS) is 26.0. The number of hydrogen-bond acceptors (Lipinski definition) is 9. The van der Waals surface area contributed by atoms with E-state index in [1.807, 2.05) is 13.8 Å². The highest BCUT2D eigenvalue weighted by molar-refractivity contribution is 7.21. The lowest BCUT2D eigenvalue weighted by Gasteiger charge is -2.28. The molecule has 5 N–H and O–H groups in total. The minimum atomic E-state index is -0.218. The molecule has 3 aromatic heterocycles. The first kappa shape index (κ1) is 22.6. The van der Waals surface area contributed by atoms with Gasteiger partial charge in [-0.05, 0) is 57.6 Å². The van der Waals surface area contributed by atoms with E-state index in [1.165, 1.54) is 16.9 Å². The van der Waals surface area contributed by atoms with Gasteiger partial charge >= 0.3 is 0 Å². The van der Waals surface area contributed by atoms with Crippen molar-refractivity contribution in [2.24, 2.45) is 5.73 Å². The number of nitrogens with two attached hydrogens (primary N) is 2. The van der Waals surface area contributed by atoms with Gasteiger partial charge in [0.2, 0.25) is 0 Å². The van der Waals surface area contributed by atoms with E-state index in [-0.39, 0.29) is 23.6 Å². The minimum Gasteiger partial charge on any atom is -0.397 e. The molecule has 3 atom stereocenters. The second-order valence-corrected chi connectivity index (χ2v) is 11.1. The van der Waals surface area contributed by atoms with Crippen LogP contribution in [0.4, 0.5) is 11.5 Å². The number of nitrogens with one attached hydrogen (secondary N) is 1. The summed E-state index contributed by atoms with van der Waals surface area (Å²) in [5.41, 5.74) is 16.1. The van der Waals surface area contributed by atoms with Gasteiger partial charge < -0.3 is 26.4 Å². The van der Waals surface area contributed by atoms with Crippen molar-refractivity contribution in [3.05, 3.63) is 39.8 Å². The Kier molecular flexibility index (Phi) is 5.43. The van der Waals surface area contributed by atoms with Gasteiger partial charge in [0.05, 0.1) is 29.4 Å². The molecular formula is C25H31N7O2S. The molecule has 3 aromatic rings. The van der Waals surface area contributed by atoms with Crippen LogP contribution in [0.25, 0.3) is 10.2 Å². The zero-order valence-electron chi connectivity index (χ0n) is 20.1. The molecule has 1 spiro atoms. The maximum Gasteiger partial charge on any atom is 0.263 e. The smallest absolute Gasteiger partial charge is 0.263 e. The molecule has 5 heterocycles. The Labute approximate surface area is 208 Å². The summed E-state index contributed by atoms with van der Waals surface area (Å²) in [4.78, 5) is 30.5. The van der Waals surface area contributed by atoms with Crippen LogP contribution < -0.4 is 21.7 Å². The highest BCUT2D eigenvalue weighted by Crippen LogP contribution is 2.37. The van der Waals surface area contributed by atoms with Crippen LogP contribution in [0.5, 0.6) is 0 Å². The summed E-state index contributed by atoms with van der Waals surface area (Å²) < 4.78 is 6.06. The quantitative estimate of drug-likeness (QED) is 0.506. The predicted octanol–water partition coefficient (Wildman–Crippen LogP) is 2.27. The van der Waals surface area contributed by atoms with E-state index in [0.717, 1.165) is 79.2 Å². The molecule has 0 saturated carbocycles. The Bertz CT molecular complexity index is 1320. The number of thiophene rings is 1. The third-order valence-electron chi connectivity index (χ3n) is 7.68. The Morgan fingerprint density at radius 1 is 1.29 bits per heavy atom. The van der Waals surface area contributed by atoms with Crippen LogP contribution in [0.3, 0.4) is 0 Å².